The molecule has 1 nitrogen and oxygen atoms in total. The van der Waals surface area contributed by atoms with Gasteiger partial charge >= 0.3 is 6.36 Å². The van der Waals surface area contributed by atoms with E-state index >= 15 is 0 Å². The van der Waals surface area contributed by atoms with Crippen molar-refractivity contribution in [2.24, 2.45) is 0 Å². The van der Waals surface area contributed by atoms with Crippen LogP contribution in [0.3, 0.4) is 0 Å². The van der Waals surface area contributed by atoms with Gasteiger partial charge in [-0.05, 0) is 27.8 Å². The van der Waals surface area contributed by atoms with Crippen LogP contribution in [0.25, 0.3) is 0 Å². The third-order valence-electron chi connectivity index (χ3n) is 2.93. The van der Waals surface area contributed by atoms with Crippen molar-refractivity contribution in [3.05, 3.63) is 23.3 Å². The van der Waals surface area contributed by atoms with E-state index < -0.39 is 11.8 Å². The minimum Gasteiger partial charge on any atom is -0.405 e. The minimum absolute atomic E-state index is 0.110. The largest absolute Gasteiger partial charge is 0.573 e. The molecule has 1 unspecified atom stereocenters. The normalized spacial score (nSPS) is 13.5. The molecule has 0 radical (unpaired) electrons. The zero-order chi connectivity index (χ0) is 15.9. The summed E-state index contributed by atoms with van der Waals surface area (Å²) >= 11 is 0. The standard InChI is InChI=1S/C15H22F3OP/c1-13(2,3)11-9(19-15(16,17)18)7-8-10(20)12(11)14(4,5)6/h7-8H,20H2,1-6H3. The Morgan fingerprint density at radius 1 is 0.850 bits per heavy atom. The van der Waals surface area contributed by atoms with Crippen molar-refractivity contribution < 1.29 is 17.9 Å². The van der Waals surface area contributed by atoms with E-state index in [9.17, 15) is 13.2 Å². The number of alkyl halides is 3. The fourth-order valence-electron chi connectivity index (χ4n) is 2.36. The summed E-state index contributed by atoms with van der Waals surface area (Å²) in [6, 6.07) is 3.05. The summed E-state index contributed by atoms with van der Waals surface area (Å²) in [4.78, 5) is 0. The Kier molecular flexibility index (Phi) is 4.51. The van der Waals surface area contributed by atoms with Gasteiger partial charge in [0.05, 0.1) is 0 Å². The van der Waals surface area contributed by atoms with Crippen molar-refractivity contribution in [1.29, 1.82) is 0 Å². The molecule has 0 saturated carbocycles. The van der Waals surface area contributed by atoms with E-state index in [0.29, 0.717) is 5.56 Å². The smallest absolute Gasteiger partial charge is 0.405 e. The van der Waals surface area contributed by atoms with Gasteiger partial charge in [-0.25, -0.2) is 0 Å². The maximum absolute atomic E-state index is 12.6. The second-order valence-corrected chi connectivity index (χ2v) is 7.57. The molecule has 0 bridgehead atoms. The summed E-state index contributed by atoms with van der Waals surface area (Å²) in [7, 11) is 2.60. The Morgan fingerprint density at radius 3 is 1.65 bits per heavy atom. The van der Waals surface area contributed by atoms with E-state index in [4.69, 9.17) is 0 Å². The molecule has 0 aliphatic carbocycles. The van der Waals surface area contributed by atoms with E-state index in [0.717, 1.165) is 10.9 Å². The summed E-state index contributed by atoms with van der Waals surface area (Å²) in [6.07, 6.45) is -4.68. The van der Waals surface area contributed by atoms with Crippen LogP contribution in [0.4, 0.5) is 13.2 Å². The molecule has 0 aliphatic rings. The van der Waals surface area contributed by atoms with Gasteiger partial charge in [0.1, 0.15) is 5.75 Å². The van der Waals surface area contributed by atoms with Gasteiger partial charge in [0.15, 0.2) is 0 Å². The van der Waals surface area contributed by atoms with E-state index in [1.54, 1.807) is 6.07 Å². The van der Waals surface area contributed by atoms with Gasteiger partial charge in [-0.1, -0.05) is 47.6 Å². The van der Waals surface area contributed by atoms with Crippen LogP contribution in [-0.4, -0.2) is 6.36 Å². The Labute approximate surface area is 121 Å². The number of hydrogen-bond acceptors (Lipinski definition) is 1. The molecule has 114 valence electrons. The quantitative estimate of drug-likeness (QED) is 0.685. The van der Waals surface area contributed by atoms with Gasteiger partial charge in [-0.15, -0.1) is 22.4 Å². The molecule has 0 saturated heterocycles. The number of ether oxygens (including phenoxy) is 1. The maximum Gasteiger partial charge on any atom is 0.573 e. The summed E-state index contributed by atoms with van der Waals surface area (Å²) in [5.41, 5.74) is 0.770. The molecule has 0 amide bonds. The predicted octanol–water partition coefficient (Wildman–Crippen LogP) is 4.68. The molecule has 0 aromatic heterocycles. The lowest BCUT2D eigenvalue weighted by atomic mass is 9.74. The first-order valence-electron chi connectivity index (χ1n) is 6.42. The molecule has 1 aromatic rings. The topological polar surface area (TPSA) is 9.23 Å². The molecule has 1 rings (SSSR count). The molecule has 1 atom stereocenters. The molecule has 5 heteroatoms. The van der Waals surface area contributed by atoms with Crippen LogP contribution >= 0.6 is 9.24 Å². The van der Waals surface area contributed by atoms with Crippen LogP contribution in [0.5, 0.6) is 5.75 Å². The molecular formula is C15H22F3OP. The fourth-order valence-corrected chi connectivity index (χ4v) is 3.04. The molecule has 0 spiro atoms. The molecule has 0 N–H and O–H groups in total. The zero-order valence-electron chi connectivity index (χ0n) is 12.8. The first-order valence-corrected chi connectivity index (χ1v) is 7.00. The summed E-state index contributed by atoms with van der Waals surface area (Å²) < 4.78 is 42.1. The average Bonchev–Trinajstić information content (AvgIpc) is 2.14. The molecule has 0 fully saturated rings. The van der Waals surface area contributed by atoms with Crippen molar-refractivity contribution in [2.75, 3.05) is 0 Å². The van der Waals surface area contributed by atoms with E-state index in [2.05, 4.69) is 14.0 Å². The van der Waals surface area contributed by atoms with Crippen molar-refractivity contribution in [2.45, 2.75) is 58.7 Å². The Bertz CT molecular complexity index is 494. The third-order valence-corrected chi connectivity index (χ3v) is 3.41. The van der Waals surface area contributed by atoms with Crippen LogP contribution in [0.1, 0.15) is 52.7 Å². The van der Waals surface area contributed by atoms with Gasteiger partial charge in [-0.2, -0.15) is 0 Å². The second kappa shape index (κ2) is 5.22. The van der Waals surface area contributed by atoms with Crippen molar-refractivity contribution in [3.8, 4) is 5.75 Å². The molecule has 1 aromatic carbocycles. The summed E-state index contributed by atoms with van der Waals surface area (Å²) in [5.74, 6) is -0.110. The van der Waals surface area contributed by atoms with Crippen molar-refractivity contribution >= 4 is 14.5 Å². The Balaban J connectivity index is 3.64. The minimum atomic E-state index is -4.68. The van der Waals surface area contributed by atoms with Crippen LogP contribution < -0.4 is 10.0 Å². The van der Waals surface area contributed by atoms with Crippen molar-refractivity contribution in [3.63, 3.8) is 0 Å². The van der Waals surface area contributed by atoms with Gasteiger partial charge in [0, 0.05) is 5.56 Å². The summed E-state index contributed by atoms with van der Waals surface area (Å²) in [6.45, 7) is 11.6. The first kappa shape index (κ1) is 17.3. The van der Waals surface area contributed by atoms with Crippen molar-refractivity contribution in [1.82, 2.24) is 0 Å². The number of halogens is 3. The van der Waals surface area contributed by atoms with Gasteiger partial charge in [0.2, 0.25) is 0 Å². The van der Waals surface area contributed by atoms with Crippen LogP contribution in [-0.2, 0) is 10.8 Å². The predicted molar refractivity (Wildman–Crippen MR) is 79.9 cm³/mol. The van der Waals surface area contributed by atoms with Gasteiger partial charge in [0.25, 0.3) is 0 Å². The molecular weight excluding hydrogens is 284 g/mol. The SMILES string of the molecule is CC(C)(C)c1c(P)ccc(OC(F)(F)F)c1C(C)(C)C. The molecule has 0 heterocycles. The highest BCUT2D eigenvalue weighted by Crippen LogP contribution is 2.41. The van der Waals surface area contributed by atoms with Crippen LogP contribution in [0.15, 0.2) is 12.1 Å². The van der Waals surface area contributed by atoms with E-state index in [1.165, 1.54) is 6.07 Å². The third kappa shape index (κ3) is 4.12. The second-order valence-electron chi connectivity index (χ2n) is 6.95. The first-order chi connectivity index (χ1) is 8.73. The monoisotopic (exact) mass is 306 g/mol. The highest BCUT2D eigenvalue weighted by atomic mass is 31.0. The lowest BCUT2D eigenvalue weighted by Crippen LogP contribution is -2.30. The fraction of sp³-hybridized carbons (Fsp3) is 0.600. The molecule has 20 heavy (non-hydrogen) atoms. The van der Waals surface area contributed by atoms with Gasteiger partial charge < -0.3 is 4.74 Å². The zero-order valence-corrected chi connectivity index (χ0v) is 13.9. The lowest BCUT2D eigenvalue weighted by molar-refractivity contribution is -0.275. The van der Waals surface area contributed by atoms with Crippen LogP contribution in [0.2, 0.25) is 0 Å². The number of hydrogen-bond donors (Lipinski definition) is 0. The highest BCUT2D eigenvalue weighted by molar-refractivity contribution is 7.27. The van der Waals surface area contributed by atoms with E-state index in [1.807, 2.05) is 41.5 Å². The lowest BCUT2D eigenvalue weighted by Gasteiger charge is -2.33. The molecule has 0 aliphatic heterocycles. The van der Waals surface area contributed by atoms with Crippen LogP contribution in [0, 0.1) is 0 Å². The average molecular weight is 306 g/mol. The maximum atomic E-state index is 12.6. The number of rotatable bonds is 1. The van der Waals surface area contributed by atoms with E-state index in [-0.39, 0.29) is 11.2 Å². The van der Waals surface area contributed by atoms with Gasteiger partial charge in [-0.3, -0.25) is 0 Å². The highest BCUT2D eigenvalue weighted by Gasteiger charge is 2.36. The Morgan fingerprint density at radius 2 is 1.30 bits per heavy atom. The number of benzene rings is 1. The summed E-state index contributed by atoms with van der Waals surface area (Å²) in [5, 5.41) is 0.900. The Hall–Kier alpha value is -0.760.